The molecule has 6 nitrogen and oxygen atoms in total. The Labute approximate surface area is 207 Å². The van der Waals surface area contributed by atoms with E-state index in [1.165, 1.54) is 23.1 Å². The van der Waals surface area contributed by atoms with Crippen molar-refractivity contribution in [2.45, 2.75) is 51.8 Å². The number of amides is 1. The van der Waals surface area contributed by atoms with E-state index in [2.05, 4.69) is 10.3 Å². The van der Waals surface area contributed by atoms with Gasteiger partial charge in [-0.3, -0.25) is 4.79 Å². The lowest BCUT2D eigenvalue weighted by atomic mass is 9.62. The van der Waals surface area contributed by atoms with Crippen LogP contribution in [0.5, 0.6) is 5.75 Å². The van der Waals surface area contributed by atoms with Crippen LogP contribution in [0.1, 0.15) is 49.9 Å². The number of halogens is 3. The quantitative estimate of drug-likeness (QED) is 0.616. The first-order chi connectivity index (χ1) is 16.7. The molecule has 1 aromatic carbocycles. The van der Waals surface area contributed by atoms with Crippen LogP contribution >= 0.6 is 11.6 Å². The molecule has 5 aliphatic rings. The zero-order chi connectivity index (χ0) is 24.6. The summed E-state index contributed by atoms with van der Waals surface area (Å²) in [5.41, 5.74) is 2.58. The van der Waals surface area contributed by atoms with Gasteiger partial charge in [-0.2, -0.15) is 0 Å². The van der Waals surface area contributed by atoms with Crippen molar-refractivity contribution in [3.63, 3.8) is 0 Å². The number of carbonyl (C=O) groups is 1. The molecule has 6 rings (SSSR count). The summed E-state index contributed by atoms with van der Waals surface area (Å²) in [4.78, 5) is 19.4. The molecule has 4 fully saturated rings. The monoisotopic (exact) mass is 500 g/mol. The third-order valence-electron chi connectivity index (χ3n) is 8.53. The lowest BCUT2D eigenvalue weighted by Gasteiger charge is -2.45. The second-order valence-electron chi connectivity index (χ2n) is 10.5. The summed E-state index contributed by atoms with van der Waals surface area (Å²) in [6.45, 7) is 3.86. The van der Waals surface area contributed by atoms with Crippen LogP contribution in [0.4, 0.5) is 8.78 Å². The minimum absolute atomic E-state index is 0.0268. The zero-order valence-electron chi connectivity index (χ0n) is 19.6. The molecule has 1 aromatic rings. The number of nitrogens with zero attached hydrogens (tertiary/aromatic N) is 2. The molecule has 1 saturated heterocycles. The summed E-state index contributed by atoms with van der Waals surface area (Å²) >= 11 is 6.21. The van der Waals surface area contributed by atoms with Crippen molar-refractivity contribution >= 4 is 28.9 Å². The fourth-order valence-corrected chi connectivity index (χ4v) is 6.47. The van der Waals surface area contributed by atoms with Crippen molar-refractivity contribution in [2.75, 3.05) is 13.1 Å². The van der Waals surface area contributed by atoms with E-state index in [1.54, 1.807) is 6.92 Å². The van der Waals surface area contributed by atoms with E-state index in [0.717, 1.165) is 25.0 Å². The molecule has 0 aromatic heterocycles. The highest BCUT2D eigenvalue weighted by atomic mass is 35.5. The third-order valence-corrected chi connectivity index (χ3v) is 9.08. The van der Waals surface area contributed by atoms with Crippen molar-refractivity contribution in [1.82, 2.24) is 10.2 Å². The highest BCUT2D eigenvalue weighted by Gasteiger charge is 2.70. The molecular weight excluding hydrogens is 474 g/mol. The number of nitrogens with one attached hydrogen (secondary N) is 2. The van der Waals surface area contributed by atoms with Crippen molar-refractivity contribution in [3.05, 3.63) is 51.7 Å². The molecular formula is C26H27ClF2N4O2. The standard InChI is InChI=1S/C26H27ClF2N4O2/c1-12-22(27)13(2)32-24(31-12)17-10-33(11-19(17)30)25(34)16-4-3-15(28)8-20(16)35-21-7-14-5-6-26(14)9-18(26)23(21)29/h3-4,8,14,18,21,23,30-31H,5-7,9-11H2,1-2H3/b24-17+,30-19?/t14?,18-,21+,23?,26+/m1/s1. The third kappa shape index (κ3) is 3.51. The summed E-state index contributed by atoms with van der Waals surface area (Å²) in [6, 6.07) is 3.76. The molecule has 0 bridgehead atoms. The molecule has 0 radical (unpaired) electrons. The lowest BCUT2D eigenvalue weighted by molar-refractivity contribution is -0.0352. The molecule has 3 aliphatic carbocycles. The SMILES string of the molecule is CC1=N/C(=C2\CN(C(=O)c3ccc(F)cc3O[C@H]3CC4CC[C@]45C[C@@H]5C3F)CC2=N)NC(C)=C1Cl. The van der Waals surface area contributed by atoms with Crippen LogP contribution in [-0.2, 0) is 0 Å². The van der Waals surface area contributed by atoms with Gasteiger partial charge in [0.15, 0.2) is 0 Å². The Morgan fingerprint density at radius 3 is 2.86 bits per heavy atom. The maximum absolute atomic E-state index is 15.2. The Hall–Kier alpha value is -2.74. The molecule has 5 atom stereocenters. The minimum atomic E-state index is -1.10. The van der Waals surface area contributed by atoms with Gasteiger partial charge in [0.25, 0.3) is 5.91 Å². The van der Waals surface area contributed by atoms with Crippen molar-refractivity contribution in [1.29, 1.82) is 5.41 Å². The fraction of sp³-hybridized carbons (Fsp3) is 0.500. The van der Waals surface area contributed by atoms with Crippen LogP contribution in [0.25, 0.3) is 0 Å². The first-order valence-electron chi connectivity index (χ1n) is 12.1. The summed E-state index contributed by atoms with van der Waals surface area (Å²) in [5, 5.41) is 12.1. The van der Waals surface area contributed by atoms with Crippen LogP contribution < -0.4 is 10.1 Å². The molecule has 2 unspecified atom stereocenters. The number of aliphatic imine (C=N–C) groups is 1. The van der Waals surface area contributed by atoms with Gasteiger partial charge >= 0.3 is 0 Å². The van der Waals surface area contributed by atoms with Crippen molar-refractivity contribution in [3.8, 4) is 5.75 Å². The topological polar surface area (TPSA) is 77.8 Å². The Morgan fingerprint density at radius 2 is 2.14 bits per heavy atom. The van der Waals surface area contributed by atoms with Gasteiger partial charge in [0.05, 0.1) is 35.1 Å². The van der Waals surface area contributed by atoms with Gasteiger partial charge < -0.3 is 20.4 Å². The summed E-state index contributed by atoms with van der Waals surface area (Å²) in [5.74, 6) is 0.119. The van der Waals surface area contributed by atoms with Gasteiger partial charge in [0.2, 0.25) is 0 Å². The average molecular weight is 501 g/mol. The molecule has 2 aliphatic heterocycles. The van der Waals surface area contributed by atoms with E-state index in [9.17, 15) is 9.18 Å². The van der Waals surface area contributed by atoms with E-state index in [0.29, 0.717) is 34.5 Å². The largest absolute Gasteiger partial charge is 0.486 e. The van der Waals surface area contributed by atoms with E-state index in [1.807, 2.05) is 6.92 Å². The second kappa shape index (κ2) is 7.88. The van der Waals surface area contributed by atoms with Gasteiger partial charge in [0, 0.05) is 23.3 Å². The van der Waals surface area contributed by atoms with Crippen molar-refractivity contribution in [2.24, 2.45) is 22.2 Å². The van der Waals surface area contributed by atoms with E-state index in [4.69, 9.17) is 21.7 Å². The molecule has 3 saturated carbocycles. The maximum Gasteiger partial charge on any atom is 0.258 e. The molecule has 184 valence electrons. The van der Waals surface area contributed by atoms with Crippen LogP contribution in [0, 0.1) is 28.5 Å². The predicted octanol–water partition coefficient (Wildman–Crippen LogP) is 4.95. The number of ether oxygens (including phenoxy) is 1. The number of hydrogen-bond acceptors (Lipinski definition) is 5. The summed E-state index contributed by atoms with van der Waals surface area (Å²) in [7, 11) is 0. The van der Waals surface area contributed by atoms with E-state index in [-0.39, 0.29) is 41.4 Å². The Bertz CT molecular complexity index is 1260. The second-order valence-corrected chi connectivity index (χ2v) is 10.9. The van der Waals surface area contributed by atoms with E-state index >= 15 is 4.39 Å². The van der Waals surface area contributed by atoms with Crippen molar-refractivity contribution < 1.29 is 18.3 Å². The number of hydrogen-bond donors (Lipinski definition) is 2. The molecule has 1 amide bonds. The Balaban J connectivity index is 1.24. The minimum Gasteiger partial charge on any atom is -0.486 e. The van der Waals surface area contributed by atoms with Gasteiger partial charge in [0.1, 0.15) is 29.7 Å². The zero-order valence-corrected chi connectivity index (χ0v) is 20.4. The molecule has 2 heterocycles. The summed E-state index contributed by atoms with van der Waals surface area (Å²) in [6.07, 6.45) is 1.92. The van der Waals surface area contributed by atoms with Crippen LogP contribution in [0.2, 0.25) is 0 Å². The molecule has 9 heteroatoms. The fourth-order valence-electron chi connectivity index (χ4n) is 6.38. The summed E-state index contributed by atoms with van der Waals surface area (Å²) < 4.78 is 35.4. The van der Waals surface area contributed by atoms with Crippen LogP contribution in [-0.4, -0.2) is 47.6 Å². The molecule has 2 N–H and O–H groups in total. The van der Waals surface area contributed by atoms with Gasteiger partial charge in [-0.05, 0) is 63.0 Å². The first-order valence-corrected chi connectivity index (χ1v) is 12.5. The average Bonchev–Trinajstić information content (AvgIpc) is 3.49. The number of likely N-dealkylation sites (tertiary alicyclic amines) is 1. The van der Waals surface area contributed by atoms with E-state index < -0.39 is 24.0 Å². The number of allylic oxidation sites excluding steroid dienone is 2. The lowest BCUT2D eigenvalue weighted by Crippen LogP contribution is -2.46. The van der Waals surface area contributed by atoms with Crippen LogP contribution in [0.3, 0.4) is 0 Å². The van der Waals surface area contributed by atoms with Crippen LogP contribution in [0.15, 0.2) is 45.3 Å². The smallest absolute Gasteiger partial charge is 0.258 e. The molecule has 1 spiro atoms. The van der Waals surface area contributed by atoms with Gasteiger partial charge in [-0.1, -0.05) is 11.6 Å². The molecule has 35 heavy (non-hydrogen) atoms. The first kappa shape index (κ1) is 22.7. The normalized spacial score (nSPS) is 35.6. The highest BCUT2D eigenvalue weighted by Crippen LogP contribution is 2.74. The van der Waals surface area contributed by atoms with Gasteiger partial charge in [-0.25, -0.2) is 13.8 Å². The Kier molecular flexibility index (Phi) is 5.11. The number of rotatable bonds is 3. The number of alkyl halides is 1. The highest BCUT2D eigenvalue weighted by molar-refractivity contribution is 6.43. The number of carbonyl (C=O) groups excluding carboxylic acids is 1. The maximum atomic E-state index is 15.2. The predicted molar refractivity (Wildman–Crippen MR) is 129 cm³/mol. The number of benzene rings is 1. The Morgan fingerprint density at radius 1 is 1.34 bits per heavy atom. The van der Waals surface area contributed by atoms with Gasteiger partial charge in [-0.15, -0.1) is 0 Å².